The van der Waals surface area contributed by atoms with Gasteiger partial charge in [0.25, 0.3) is 0 Å². The van der Waals surface area contributed by atoms with Crippen LogP contribution in [0.15, 0.2) is 54.6 Å². The molecule has 0 aromatic heterocycles. The molecule has 3 aromatic carbocycles. The Morgan fingerprint density at radius 1 is 1.18 bits per heavy atom. The minimum Gasteiger partial charge on any atom is -0.506 e. The first-order valence-electron chi connectivity index (χ1n) is 8.33. The molecule has 5 nitrogen and oxygen atoms in total. The average molecular weight is 395 g/mol. The highest BCUT2D eigenvalue weighted by Crippen LogP contribution is 2.23. The van der Waals surface area contributed by atoms with Gasteiger partial charge in [-0.2, -0.15) is 0 Å². The molecule has 0 radical (unpaired) electrons. The molecule has 1 atom stereocenters. The maximum atomic E-state index is 10.5. The monoisotopic (exact) mass is 394 g/mol. The molecule has 5 N–H and O–H groups in total. The molecule has 0 spiro atoms. The van der Waals surface area contributed by atoms with Crippen molar-refractivity contribution in [2.45, 2.75) is 13.0 Å². The number of aliphatic hydroxyl groups excluding tert-OH is 1. The van der Waals surface area contributed by atoms with Gasteiger partial charge in [-0.3, -0.25) is 4.79 Å². The van der Waals surface area contributed by atoms with Gasteiger partial charge in [-0.05, 0) is 47.5 Å². The molecule has 0 fully saturated rings. The van der Waals surface area contributed by atoms with Gasteiger partial charge in [0.1, 0.15) is 11.9 Å². The van der Waals surface area contributed by atoms with Crippen LogP contribution in [0.4, 0.5) is 0 Å². The SMILES string of the molecule is CC(O)C#Cc1ccc(C=N)c2ccccc12.NC(=O)c1ccc(O)c(Cl)c1. The summed E-state index contributed by atoms with van der Waals surface area (Å²) in [6.45, 7) is 1.64. The molecule has 3 aromatic rings. The first kappa shape index (κ1) is 21.0. The Labute approximate surface area is 167 Å². The zero-order valence-corrected chi connectivity index (χ0v) is 15.9. The summed E-state index contributed by atoms with van der Waals surface area (Å²) in [5.41, 5.74) is 7.00. The molecule has 0 aliphatic rings. The molecule has 6 heteroatoms. The molecule has 1 unspecified atom stereocenters. The van der Waals surface area contributed by atoms with E-state index in [1.165, 1.54) is 24.4 Å². The summed E-state index contributed by atoms with van der Waals surface area (Å²) in [6.07, 6.45) is 0.713. The maximum Gasteiger partial charge on any atom is 0.248 e. The number of hydrogen-bond acceptors (Lipinski definition) is 4. The average Bonchev–Trinajstić information content (AvgIpc) is 2.68. The highest BCUT2D eigenvalue weighted by atomic mass is 35.5. The van der Waals surface area contributed by atoms with Crippen LogP contribution in [-0.4, -0.2) is 28.4 Å². The van der Waals surface area contributed by atoms with Gasteiger partial charge in [0.05, 0.1) is 5.02 Å². The summed E-state index contributed by atoms with van der Waals surface area (Å²) >= 11 is 5.50. The topological polar surface area (TPSA) is 107 Å². The summed E-state index contributed by atoms with van der Waals surface area (Å²) in [4.78, 5) is 10.5. The van der Waals surface area contributed by atoms with Gasteiger partial charge in [0.15, 0.2) is 0 Å². The normalized spacial score (nSPS) is 10.8. The number of rotatable bonds is 2. The largest absolute Gasteiger partial charge is 0.506 e. The first-order chi connectivity index (χ1) is 13.3. The van der Waals surface area contributed by atoms with Crippen molar-refractivity contribution in [2.75, 3.05) is 0 Å². The Kier molecular flexibility index (Phi) is 7.16. The Morgan fingerprint density at radius 3 is 2.43 bits per heavy atom. The van der Waals surface area contributed by atoms with E-state index in [0.717, 1.165) is 21.9 Å². The second kappa shape index (κ2) is 9.56. The van der Waals surface area contributed by atoms with Gasteiger partial charge < -0.3 is 21.4 Å². The van der Waals surface area contributed by atoms with Crippen LogP contribution in [0.3, 0.4) is 0 Å². The van der Waals surface area contributed by atoms with E-state index in [9.17, 15) is 9.90 Å². The molecule has 0 aliphatic carbocycles. The Hall–Kier alpha value is -3.33. The molecular weight excluding hydrogens is 376 g/mol. The zero-order chi connectivity index (χ0) is 20.7. The summed E-state index contributed by atoms with van der Waals surface area (Å²) in [5, 5.41) is 27.6. The van der Waals surface area contributed by atoms with Crippen LogP contribution in [0.2, 0.25) is 5.02 Å². The van der Waals surface area contributed by atoms with E-state index in [-0.39, 0.29) is 16.3 Å². The molecule has 0 aliphatic heterocycles. The Bertz CT molecular complexity index is 1080. The van der Waals surface area contributed by atoms with Crippen molar-refractivity contribution < 1.29 is 15.0 Å². The number of benzene rings is 3. The van der Waals surface area contributed by atoms with Gasteiger partial charge in [0, 0.05) is 17.3 Å². The van der Waals surface area contributed by atoms with Gasteiger partial charge in [-0.1, -0.05) is 53.8 Å². The minimum atomic E-state index is -0.629. The van der Waals surface area contributed by atoms with Crippen molar-refractivity contribution in [1.82, 2.24) is 0 Å². The van der Waals surface area contributed by atoms with Gasteiger partial charge in [0.2, 0.25) is 5.91 Å². The number of fused-ring (bicyclic) bond motifs is 1. The number of hydrogen-bond donors (Lipinski definition) is 4. The first-order valence-corrected chi connectivity index (χ1v) is 8.71. The maximum absolute atomic E-state index is 10.5. The van der Waals surface area contributed by atoms with Crippen LogP contribution in [0.25, 0.3) is 10.8 Å². The van der Waals surface area contributed by atoms with E-state index in [1.807, 2.05) is 36.4 Å². The molecule has 0 saturated heterocycles. The van der Waals surface area contributed by atoms with Crippen molar-refractivity contribution >= 4 is 34.5 Å². The third-order valence-electron chi connectivity index (χ3n) is 3.76. The van der Waals surface area contributed by atoms with Gasteiger partial charge in [-0.25, -0.2) is 0 Å². The number of carbonyl (C=O) groups is 1. The van der Waals surface area contributed by atoms with E-state index in [4.69, 9.17) is 27.9 Å². The van der Waals surface area contributed by atoms with E-state index >= 15 is 0 Å². The van der Waals surface area contributed by atoms with Crippen LogP contribution in [0, 0.1) is 17.3 Å². The summed E-state index contributed by atoms with van der Waals surface area (Å²) in [5.74, 6) is 5.08. The van der Waals surface area contributed by atoms with Crippen molar-refractivity contribution in [2.24, 2.45) is 5.73 Å². The summed E-state index contributed by atoms with van der Waals surface area (Å²) < 4.78 is 0. The fourth-order valence-electron chi connectivity index (χ4n) is 2.40. The third kappa shape index (κ3) is 5.34. The lowest BCUT2D eigenvalue weighted by molar-refractivity contribution is 0.100. The lowest BCUT2D eigenvalue weighted by Gasteiger charge is -2.04. The third-order valence-corrected chi connectivity index (χ3v) is 4.06. The van der Waals surface area contributed by atoms with Crippen LogP contribution in [0.5, 0.6) is 5.75 Å². The zero-order valence-electron chi connectivity index (χ0n) is 15.1. The fourth-order valence-corrected chi connectivity index (χ4v) is 2.58. The Balaban J connectivity index is 0.000000221. The van der Waals surface area contributed by atoms with Crippen LogP contribution in [-0.2, 0) is 0 Å². The van der Waals surface area contributed by atoms with Crippen molar-refractivity contribution in [3.8, 4) is 17.6 Å². The number of aliphatic hydroxyl groups is 1. The van der Waals surface area contributed by atoms with Crippen molar-refractivity contribution in [3.05, 3.63) is 76.3 Å². The summed E-state index contributed by atoms with van der Waals surface area (Å²) in [6, 6.07) is 15.7. The minimum absolute atomic E-state index is 0.0586. The smallest absolute Gasteiger partial charge is 0.248 e. The lowest BCUT2D eigenvalue weighted by atomic mass is 10.0. The number of phenols is 1. The van der Waals surface area contributed by atoms with Crippen molar-refractivity contribution in [3.63, 3.8) is 0 Å². The molecule has 1 amide bonds. The number of phenolic OH excluding ortho intramolecular Hbond substituents is 1. The number of halogens is 1. The standard InChI is InChI=1S/C15H13NO.C7H6ClNO2/c1-11(17)6-7-12-8-9-13(10-16)15-5-3-2-4-14(12)15;8-5-3-4(7(9)11)1-2-6(5)10/h2-5,8-11,16-17H,1H3;1-3,10H,(H2,9,11). The van der Waals surface area contributed by atoms with Crippen LogP contribution in [0.1, 0.15) is 28.4 Å². The fraction of sp³-hybridized carbons (Fsp3) is 0.0909. The number of aromatic hydroxyl groups is 1. The van der Waals surface area contributed by atoms with E-state index < -0.39 is 12.0 Å². The van der Waals surface area contributed by atoms with E-state index in [1.54, 1.807) is 6.92 Å². The van der Waals surface area contributed by atoms with Crippen molar-refractivity contribution in [1.29, 1.82) is 5.41 Å². The molecular formula is C22H19ClN2O3. The van der Waals surface area contributed by atoms with Gasteiger partial charge in [-0.15, -0.1) is 0 Å². The molecule has 0 heterocycles. The molecule has 3 rings (SSSR count). The van der Waals surface area contributed by atoms with E-state index in [2.05, 4.69) is 11.8 Å². The number of primary amides is 1. The number of nitrogens with one attached hydrogen (secondary N) is 1. The van der Waals surface area contributed by atoms with Crippen LogP contribution < -0.4 is 5.73 Å². The number of nitrogens with two attached hydrogens (primary N) is 1. The summed E-state index contributed by atoms with van der Waals surface area (Å²) in [7, 11) is 0. The molecule has 0 bridgehead atoms. The lowest BCUT2D eigenvalue weighted by Crippen LogP contribution is -2.10. The van der Waals surface area contributed by atoms with Crippen LogP contribution >= 0.6 is 11.6 Å². The van der Waals surface area contributed by atoms with Gasteiger partial charge >= 0.3 is 0 Å². The highest BCUT2D eigenvalue weighted by molar-refractivity contribution is 6.32. The molecule has 0 saturated carbocycles. The molecule has 142 valence electrons. The Morgan fingerprint density at radius 2 is 1.86 bits per heavy atom. The quantitative estimate of drug-likeness (QED) is 0.393. The number of amides is 1. The number of carbonyl (C=O) groups excluding carboxylic acids is 1. The predicted octanol–water partition coefficient (Wildman–Crippen LogP) is 3.71. The highest BCUT2D eigenvalue weighted by Gasteiger charge is 2.03. The second-order valence-electron chi connectivity index (χ2n) is 5.87. The predicted molar refractivity (Wildman–Crippen MR) is 112 cm³/mol. The van der Waals surface area contributed by atoms with E-state index in [0.29, 0.717) is 0 Å². The second-order valence-corrected chi connectivity index (χ2v) is 6.28. The molecule has 28 heavy (non-hydrogen) atoms.